The Morgan fingerprint density at radius 3 is 3.08 bits per heavy atom. The zero-order valence-electron chi connectivity index (χ0n) is 13.8. The molecule has 3 heterocycles. The molecule has 5 nitrogen and oxygen atoms in total. The van der Waals surface area contributed by atoms with Gasteiger partial charge in [0.1, 0.15) is 16.3 Å². The van der Waals surface area contributed by atoms with Gasteiger partial charge in [0.15, 0.2) is 0 Å². The molecular formula is C18H18FN3O2S. The first kappa shape index (κ1) is 16.2. The lowest BCUT2D eigenvalue weighted by molar-refractivity contribution is 0.0861. The molecule has 7 heteroatoms. The van der Waals surface area contributed by atoms with Crippen LogP contribution >= 0.6 is 11.3 Å². The van der Waals surface area contributed by atoms with E-state index in [-0.39, 0.29) is 17.8 Å². The Morgan fingerprint density at radius 1 is 1.48 bits per heavy atom. The molecule has 1 atom stereocenters. The highest BCUT2D eigenvalue weighted by Gasteiger charge is 2.21. The highest BCUT2D eigenvalue weighted by atomic mass is 32.1. The largest absolute Gasteiger partial charge is 0.376 e. The maximum atomic E-state index is 14.1. The molecule has 0 radical (unpaired) electrons. The van der Waals surface area contributed by atoms with E-state index >= 15 is 0 Å². The first-order chi connectivity index (χ1) is 12.1. The number of halogens is 1. The monoisotopic (exact) mass is 359 g/mol. The van der Waals surface area contributed by atoms with Crippen molar-refractivity contribution in [2.24, 2.45) is 7.05 Å². The molecule has 0 bridgehead atoms. The van der Waals surface area contributed by atoms with E-state index in [4.69, 9.17) is 4.74 Å². The van der Waals surface area contributed by atoms with E-state index in [1.165, 1.54) is 17.4 Å². The third-order valence-corrected chi connectivity index (χ3v) is 5.58. The first-order valence-electron chi connectivity index (χ1n) is 8.24. The van der Waals surface area contributed by atoms with Gasteiger partial charge in [0, 0.05) is 31.1 Å². The molecule has 1 aliphatic heterocycles. The second-order valence-corrected chi connectivity index (χ2v) is 7.16. The number of nitrogens with one attached hydrogen (secondary N) is 1. The molecule has 4 rings (SSSR count). The normalized spacial score (nSPS) is 17.3. The Labute approximate surface area is 148 Å². The second kappa shape index (κ2) is 6.57. The Morgan fingerprint density at radius 2 is 2.32 bits per heavy atom. The minimum Gasteiger partial charge on any atom is -0.376 e. The van der Waals surface area contributed by atoms with E-state index < -0.39 is 0 Å². The standard InChI is InChI=1S/C18H18FN3O2S/c1-22-18-13(16(21-22)12-6-2-3-7-14(12)19)9-15(25-18)17(23)20-10-11-5-4-8-24-11/h2-3,6-7,9,11H,4-5,8,10H2,1H3,(H,20,23). The van der Waals surface area contributed by atoms with Crippen molar-refractivity contribution in [2.75, 3.05) is 13.2 Å². The van der Waals surface area contributed by atoms with Crippen LogP contribution in [0.2, 0.25) is 0 Å². The minimum absolute atomic E-state index is 0.106. The second-order valence-electron chi connectivity index (χ2n) is 6.13. The quantitative estimate of drug-likeness (QED) is 0.777. The van der Waals surface area contributed by atoms with Crippen LogP contribution in [0.15, 0.2) is 30.3 Å². The maximum absolute atomic E-state index is 14.1. The van der Waals surface area contributed by atoms with Gasteiger partial charge in [-0.15, -0.1) is 11.3 Å². The van der Waals surface area contributed by atoms with Gasteiger partial charge in [-0.1, -0.05) is 12.1 Å². The average Bonchev–Trinajstić information content (AvgIpc) is 3.32. The molecule has 1 unspecified atom stereocenters. The highest BCUT2D eigenvalue weighted by molar-refractivity contribution is 7.20. The summed E-state index contributed by atoms with van der Waals surface area (Å²) in [6.45, 7) is 1.28. The zero-order valence-corrected chi connectivity index (χ0v) is 14.6. The summed E-state index contributed by atoms with van der Waals surface area (Å²) < 4.78 is 21.4. The lowest BCUT2D eigenvalue weighted by Crippen LogP contribution is -2.31. The van der Waals surface area contributed by atoms with Crippen molar-refractivity contribution >= 4 is 27.5 Å². The van der Waals surface area contributed by atoms with Crippen LogP contribution < -0.4 is 5.32 Å². The van der Waals surface area contributed by atoms with Crippen molar-refractivity contribution in [1.29, 1.82) is 0 Å². The zero-order chi connectivity index (χ0) is 17.4. The number of carbonyl (C=O) groups is 1. The predicted octanol–water partition coefficient (Wildman–Crippen LogP) is 3.35. The Kier molecular flexibility index (Phi) is 4.27. The Balaban J connectivity index is 1.63. The molecule has 0 spiro atoms. The van der Waals surface area contributed by atoms with Gasteiger partial charge < -0.3 is 10.1 Å². The van der Waals surface area contributed by atoms with Gasteiger partial charge in [0.05, 0.1) is 11.0 Å². The average molecular weight is 359 g/mol. The molecular weight excluding hydrogens is 341 g/mol. The molecule has 2 aromatic heterocycles. The number of rotatable bonds is 4. The third kappa shape index (κ3) is 3.05. The molecule has 130 valence electrons. The summed E-state index contributed by atoms with van der Waals surface area (Å²) in [6, 6.07) is 8.33. The van der Waals surface area contributed by atoms with Crippen LogP contribution in [0.1, 0.15) is 22.5 Å². The molecule has 0 saturated carbocycles. The van der Waals surface area contributed by atoms with E-state index in [0.717, 1.165) is 29.7 Å². The maximum Gasteiger partial charge on any atom is 0.261 e. The van der Waals surface area contributed by atoms with Crippen molar-refractivity contribution in [2.45, 2.75) is 18.9 Å². The summed E-state index contributed by atoms with van der Waals surface area (Å²) in [5, 5.41) is 8.14. The van der Waals surface area contributed by atoms with Gasteiger partial charge in [-0.2, -0.15) is 5.10 Å². The fraction of sp³-hybridized carbons (Fsp3) is 0.333. The van der Waals surface area contributed by atoms with Crippen molar-refractivity contribution < 1.29 is 13.9 Å². The summed E-state index contributed by atoms with van der Waals surface area (Å²) in [6.07, 6.45) is 2.13. The SMILES string of the molecule is Cn1nc(-c2ccccc2F)c2cc(C(=O)NCC3CCCO3)sc21. The van der Waals surface area contributed by atoms with Crippen LogP contribution in [0.5, 0.6) is 0 Å². The number of ether oxygens (including phenoxy) is 1. The van der Waals surface area contributed by atoms with Gasteiger partial charge in [0.25, 0.3) is 5.91 Å². The molecule has 1 amide bonds. The first-order valence-corrected chi connectivity index (χ1v) is 9.06. The lowest BCUT2D eigenvalue weighted by atomic mass is 10.1. The van der Waals surface area contributed by atoms with Gasteiger partial charge >= 0.3 is 0 Å². The summed E-state index contributed by atoms with van der Waals surface area (Å²) in [4.78, 5) is 13.9. The van der Waals surface area contributed by atoms with E-state index in [9.17, 15) is 9.18 Å². The van der Waals surface area contributed by atoms with Gasteiger partial charge in [-0.05, 0) is 31.0 Å². The number of hydrogen-bond acceptors (Lipinski definition) is 4. The number of aryl methyl sites for hydroxylation is 1. The molecule has 25 heavy (non-hydrogen) atoms. The number of amides is 1. The van der Waals surface area contributed by atoms with Gasteiger partial charge in [0.2, 0.25) is 0 Å². The highest BCUT2D eigenvalue weighted by Crippen LogP contribution is 2.34. The molecule has 1 aromatic carbocycles. The van der Waals surface area contributed by atoms with Crippen LogP contribution in [-0.4, -0.2) is 34.9 Å². The number of aromatic nitrogens is 2. The van der Waals surface area contributed by atoms with E-state index in [1.807, 2.05) is 0 Å². The third-order valence-electron chi connectivity index (χ3n) is 4.38. The number of thiophene rings is 1. The van der Waals surface area contributed by atoms with Crippen LogP contribution in [0.4, 0.5) is 4.39 Å². The molecule has 1 saturated heterocycles. The summed E-state index contributed by atoms with van der Waals surface area (Å²) in [7, 11) is 1.80. The van der Waals surface area contributed by atoms with Crippen LogP contribution in [0.25, 0.3) is 21.5 Å². The fourth-order valence-corrected chi connectivity index (χ4v) is 4.09. The topological polar surface area (TPSA) is 56.2 Å². The van der Waals surface area contributed by atoms with Gasteiger partial charge in [-0.25, -0.2) is 4.39 Å². The van der Waals surface area contributed by atoms with Crippen molar-refractivity contribution in [1.82, 2.24) is 15.1 Å². The van der Waals surface area contributed by atoms with Gasteiger partial charge in [-0.3, -0.25) is 9.48 Å². The van der Waals surface area contributed by atoms with Crippen molar-refractivity contribution in [3.63, 3.8) is 0 Å². The lowest BCUT2D eigenvalue weighted by Gasteiger charge is -2.09. The molecule has 1 aliphatic rings. The number of benzene rings is 1. The van der Waals surface area contributed by atoms with E-state index in [1.54, 1.807) is 36.0 Å². The molecule has 3 aromatic rings. The minimum atomic E-state index is -0.321. The Hall–Kier alpha value is -2.25. The van der Waals surface area contributed by atoms with Crippen LogP contribution in [-0.2, 0) is 11.8 Å². The number of nitrogens with zero attached hydrogens (tertiary/aromatic N) is 2. The molecule has 0 aliphatic carbocycles. The van der Waals surface area contributed by atoms with Crippen LogP contribution in [0, 0.1) is 5.82 Å². The molecule has 1 N–H and O–H groups in total. The van der Waals surface area contributed by atoms with Crippen LogP contribution in [0.3, 0.4) is 0 Å². The van der Waals surface area contributed by atoms with Crippen molar-refractivity contribution in [3.05, 3.63) is 41.0 Å². The predicted molar refractivity (Wildman–Crippen MR) is 95.3 cm³/mol. The molecule has 1 fully saturated rings. The van der Waals surface area contributed by atoms with Crippen molar-refractivity contribution in [3.8, 4) is 11.3 Å². The van der Waals surface area contributed by atoms with E-state index in [0.29, 0.717) is 22.7 Å². The number of hydrogen-bond donors (Lipinski definition) is 1. The fourth-order valence-electron chi connectivity index (χ4n) is 3.10. The van der Waals surface area contributed by atoms with E-state index in [2.05, 4.69) is 10.4 Å². The summed E-state index contributed by atoms with van der Waals surface area (Å²) in [5.41, 5.74) is 1.00. The Bertz CT molecular complexity index is 928. The number of fused-ring (bicyclic) bond motifs is 1. The smallest absolute Gasteiger partial charge is 0.261 e. The summed E-state index contributed by atoms with van der Waals surface area (Å²) in [5.74, 6) is -0.450. The summed E-state index contributed by atoms with van der Waals surface area (Å²) >= 11 is 1.36. The number of carbonyl (C=O) groups excluding carboxylic acids is 1.